The molecule has 0 unspecified atom stereocenters. The van der Waals surface area contributed by atoms with Crippen LogP contribution in [-0.4, -0.2) is 79.2 Å². The maximum absolute atomic E-state index is 12.4. The van der Waals surface area contributed by atoms with Crippen molar-refractivity contribution in [3.63, 3.8) is 0 Å². The van der Waals surface area contributed by atoms with Crippen molar-refractivity contribution in [1.82, 2.24) is 34.7 Å². The molecule has 41 heavy (non-hydrogen) atoms. The zero-order valence-corrected chi connectivity index (χ0v) is 24.0. The second-order valence-electron chi connectivity index (χ2n) is 12.0. The first-order chi connectivity index (χ1) is 19.8. The Kier molecular flexibility index (Phi) is 7.57. The van der Waals surface area contributed by atoms with Gasteiger partial charge in [-0.3, -0.25) is 9.88 Å². The molecule has 3 aromatic heterocycles. The lowest BCUT2D eigenvalue weighted by Crippen LogP contribution is -2.49. The van der Waals surface area contributed by atoms with E-state index in [4.69, 9.17) is 14.5 Å². The molecular weight excluding hydrogens is 518 g/mol. The third kappa shape index (κ3) is 7.18. The Hall–Kier alpha value is -4.05. The highest BCUT2D eigenvalue weighted by Gasteiger charge is 2.26. The summed E-state index contributed by atoms with van der Waals surface area (Å²) in [5.74, 6) is 2.15. The topological polar surface area (TPSA) is 109 Å². The number of H-pyrrole nitrogens is 1. The van der Waals surface area contributed by atoms with Gasteiger partial charge in [0.25, 0.3) is 0 Å². The number of nitrogens with zero attached hydrogens (tertiary/aromatic N) is 6. The van der Waals surface area contributed by atoms with Crippen molar-refractivity contribution in [1.29, 1.82) is 0 Å². The number of hydrogen-bond donors (Lipinski definition) is 1. The van der Waals surface area contributed by atoms with Crippen LogP contribution in [0.3, 0.4) is 0 Å². The van der Waals surface area contributed by atoms with Crippen molar-refractivity contribution in [3.8, 4) is 17.1 Å². The van der Waals surface area contributed by atoms with E-state index in [0.29, 0.717) is 31.3 Å². The number of nitrogens with one attached hydrogen (secondary N) is 1. The van der Waals surface area contributed by atoms with E-state index in [2.05, 4.69) is 43.0 Å². The largest absolute Gasteiger partial charge is 0.477 e. The first-order valence-electron chi connectivity index (χ1n) is 14.4. The summed E-state index contributed by atoms with van der Waals surface area (Å²) in [7, 11) is 0. The molecule has 4 heterocycles. The van der Waals surface area contributed by atoms with Gasteiger partial charge in [0, 0.05) is 62.7 Å². The lowest BCUT2D eigenvalue weighted by molar-refractivity contribution is 0.0139. The van der Waals surface area contributed by atoms with Gasteiger partial charge < -0.3 is 19.4 Å². The van der Waals surface area contributed by atoms with Gasteiger partial charge in [-0.25, -0.2) is 19.7 Å². The van der Waals surface area contributed by atoms with E-state index in [9.17, 15) is 4.79 Å². The molecule has 4 aromatic rings. The number of fused-ring (bicyclic) bond motifs is 1. The number of aromatic amines is 1. The van der Waals surface area contributed by atoms with E-state index in [0.717, 1.165) is 60.1 Å². The molecule has 10 heteroatoms. The zero-order chi connectivity index (χ0) is 28.4. The van der Waals surface area contributed by atoms with E-state index in [1.165, 1.54) is 18.4 Å². The second-order valence-corrected chi connectivity index (χ2v) is 12.0. The summed E-state index contributed by atoms with van der Waals surface area (Å²) >= 11 is 0. The number of imidazole rings is 1. The third-order valence-corrected chi connectivity index (χ3v) is 7.29. The molecule has 0 spiro atoms. The maximum Gasteiger partial charge on any atom is 0.410 e. The summed E-state index contributed by atoms with van der Waals surface area (Å²) in [4.78, 5) is 38.1. The van der Waals surface area contributed by atoms with E-state index >= 15 is 0 Å². The molecule has 2 fully saturated rings. The highest BCUT2D eigenvalue weighted by Crippen LogP contribution is 2.30. The standard InChI is InChI=1S/C31H37N7O3/c1-31(2,3)41-30(39)38-12-10-37(11-13-38)18-22-8-9-32-24(14-22)16-28-35-25-7-6-23(15-27(25)36-28)26-17-29(34-20-33-26)40-19-21-4-5-21/h6-9,14-15,17,20-21H,4-5,10-13,16,18-19H2,1-3H3,(H,35,36). The van der Waals surface area contributed by atoms with Gasteiger partial charge in [-0.05, 0) is 69.4 Å². The van der Waals surface area contributed by atoms with Crippen molar-refractivity contribution >= 4 is 17.1 Å². The Balaban J connectivity index is 1.07. The minimum Gasteiger partial charge on any atom is -0.477 e. The highest BCUT2D eigenvalue weighted by atomic mass is 16.6. The van der Waals surface area contributed by atoms with E-state index < -0.39 is 5.60 Å². The van der Waals surface area contributed by atoms with Crippen LogP contribution in [0.4, 0.5) is 4.79 Å². The molecule has 1 aliphatic carbocycles. The summed E-state index contributed by atoms with van der Waals surface area (Å²) in [5, 5.41) is 0. The number of aromatic nitrogens is 5. The van der Waals surface area contributed by atoms with Crippen LogP contribution in [0.1, 0.15) is 50.7 Å². The number of piperazine rings is 1. The van der Waals surface area contributed by atoms with Crippen molar-refractivity contribution in [2.45, 2.75) is 52.2 Å². The normalized spacial score (nSPS) is 16.2. The molecule has 214 valence electrons. The van der Waals surface area contributed by atoms with Gasteiger partial charge in [-0.15, -0.1) is 0 Å². The van der Waals surface area contributed by atoms with E-state index in [-0.39, 0.29) is 6.09 Å². The lowest BCUT2D eigenvalue weighted by Gasteiger charge is -2.35. The van der Waals surface area contributed by atoms with Crippen LogP contribution < -0.4 is 4.74 Å². The predicted molar refractivity (Wildman–Crippen MR) is 155 cm³/mol. The number of rotatable bonds is 8. The van der Waals surface area contributed by atoms with Crippen molar-refractivity contribution < 1.29 is 14.3 Å². The van der Waals surface area contributed by atoms with Gasteiger partial charge >= 0.3 is 6.09 Å². The van der Waals surface area contributed by atoms with Crippen LogP contribution >= 0.6 is 0 Å². The Morgan fingerprint density at radius 2 is 1.85 bits per heavy atom. The molecule has 1 aromatic carbocycles. The summed E-state index contributed by atoms with van der Waals surface area (Å²) < 4.78 is 11.4. The van der Waals surface area contributed by atoms with Gasteiger partial charge in [0.2, 0.25) is 5.88 Å². The molecule has 10 nitrogen and oxygen atoms in total. The predicted octanol–water partition coefficient (Wildman–Crippen LogP) is 4.85. The van der Waals surface area contributed by atoms with Gasteiger partial charge in [-0.1, -0.05) is 6.07 Å². The minimum absolute atomic E-state index is 0.235. The number of hydrogen-bond acceptors (Lipinski definition) is 8. The molecule has 1 aliphatic heterocycles. The summed E-state index contributed by atoms with van der Waals surface area (Å²) in [6.45, 7) is 10.2. The number of pyridine rings is 1. The molecular formula is C31H37N7O3. The third-order valence-electron chi connectivity index (χ3n) is 7.29. The number of benzene rings is 1. The fraction of sp³-hybridized carbons (Fsp3) is 0.452. The van der Waals surface area contributed by atoms with Gasteiger partial charge in [-0.2, -0.15) is 0 Å². The Morgan fingerprint density at radius 1 is 1.02 bits per heavy atom. The minimum atomic E-state index is -0.477. The fourth-order valence-electron chi connectivity index (χ4n) is 4.94. The average molecular weight is 556 g/mol. The first kappa shape index (κ1) is 27.1. The molecule has 1 N–H and O–H groups in total. The Morgan fingerprint density at radius 3 is 2.63 bits per heavy atom. The summed E-state index contributed by atoms with van der Waals surface area (Å²) in [6, 6.07) is 12.2. The fourth-order valence-corrected chi connectivity index (χ4v) is 4.94. The van der Waals surface area contributed by atoms with Crippen molar-refractivity contribution in [2.75, 3.05) is 32.8 Å². The quantitative estimate of drug-likeness (QED) is 0.329. The van der Waals surface area contributed by atoms with Crippen LogP contribution in [0, 0.1) is 5.92 Å². The number of ether oxygens (including phenoxy) is 2. The molecule has 1 saturated carbocycles. The van der Waals surface area contributed by atoms with Crippen LogP contribution in [0.15, 0.2) is 48.9 Å². The molecule has 1 saturated heterocycles. The van der Waals surface area contributed by atoms with Gasteiger partial charge in [0.15, 0.2) is 0 Å². The van der Waals surface area contributed by atoms with Crippen LogP contribution in [0.5, 0.6) is 5.88 Å². The van der Waals surface area contributed by atoms with Crippen LogP contribution in [0.25, 0.3) is 22.3 Å². The zero-order valence-electron chi connectivity index (χ0n) is 24.0. The number of carbonyl (C=O) groups is 1. The Labute approximate surface area is 240 Å². The number of carbonyl (C=O) groups excluding carboxylic acids is 1. The molecule has 0 bridgehead atoms. The van der Waals surface area contributed by atoms with Crippen molar-refractivity contribution in [3.05, 3.63) is 66.0 Å². The average Bonchev–Trinajstić information content (AvgIpc) is 3.69. The second kappa shape index (κ2) is 11.4. The van der Waals surface area contributed by atoms with Gasteiger partial charge in [0.05, 0.1) is 23.3 Å². The smallest absolute Gasteiger partial charge is 0.410 e. The van der Waals surface area contributed by atoms with Crippen molar-refractivity contribution in [2.24, 2.45) is 5.92 Å². The lowest BCUT2D eigenvalue weighted by atomic mass is 10.1. The summed E-state index contributed by atoms with van der Waals surface area (Å²) in [6.07, 6.45) is 6.27. The Bertz CT molecular complexity index is 1520. The highest BCUT2D eigenvalue weighted by molar-refractivity contribution is 5.81. The van der Waals surface area contributed by atoms with Crippen LogP contribution in [-0.2, 0) is 17.7 Å². The molecule has 2 aliphatic rings. The maximum atomic E-state index is 12.4. The molecule has 0 radical (unpaired) electrons. The molecule has 1 amide bonds. The molecule has 0 atom stereocenters. The first-order valence-corrected chi connectivity index (χ1v) is 14.4. The van der Waals surface area contributed by atoms with E-state index in [1.807, 2.05) is 45.2 Å². The number of amides is 1. The molecule has 6 rings (SSSR count). The summed E-state index contributed by atoms with van der Waals surface area (Å²) in [5.41, 5.74) is 5.35. The van der Waals surface area contributed by atoms with E-state index in [1.54, 1.807) is 11.2 Å². The monoisotopic (exact) mass is 555 g/mol. The van der Waals surface area contributed by atoms with Crippen LogP contribution in [0.2, 0.25) is 0 Å². The SMILES string of the molecule is CC(C)(C)OC(=O)N1CCN(Cc2ccnc(Cc3nc4ccc(-c5cc(OCC6CC6)ncn5)cc4[nH]3)c2)CC1. The van der Waals surface area contributed by atoms with Gasteiger partial charge in [0.1, 0.15) is 17.8 Å².